The van der Waals surface area contributed by atoms with Crippen LogP contribution in [-0.2, 0) is 9.53 Å². The normalized spacial score (nSPS) is 35.6. The summed E-state index contributed by atoms with van der Waals surface area (Å²) in [7, 11) is 0. The minimum Gasteiger partial charge on any atom is -0.366 e. The lowest BCUT2D eigenvalue weighted by Crippen LogP contribution is -2.13. The first-order valence-corrected chi connectivity index (χ1v) is 8.53. The summed E-state index contributed by atoms with van der Waals surface area (Å²) < 4.78 is 5.94. The molecule has 2 unspecified atom stereocenters. The standard InChI is InChI=1S/C20H30O2/c1-14(2)17-11-12-20(5)19(22-20)10-9-15(3)7-6-8-16(4)13-18(17)21/h7,13,19H,6,8-12H2,1-5H3/b15-7+,16-13-. The number of hydrogen-bond acceptors (Lipinski definition) is 2. The Kier molecular flexibility index (Phi) is 5.44. The average molecular weight is 302 g/mol. The summed E-state index contributed by atoms with van der Waals surface area (Å²) in [6.07, 6.45) is 10.5. The summed E-state index contributed by atoms with van der Waals surface area (Å²) in [5.41, 5.74) is 4.70. The number of fused-ring (bicyclic) bond motifs is 1. The minimum absolute atomic E-state index is 0.0237. The van der Waals surface area contributed by atoms with Gasteiger partial charge in [0.2, 0.25) is 0 Å². The van der Waals surface area contributed by atoms with E-state index in [0.29, 0.717) is 6.10 Å². The molecular formula is C20H30O2. The van der Waals surface area contributed by atoms with E-state index in [2.05, 4.69) is 26.8 Å². The van der Waals surface area contributed by atoms with Gasteiger partial charge in [-0.25, -0.2) is 0 Å². The molecule has 0 aromatic carbocycles. The van der Waals surface area contributed by atoms with Crippen LogP contribution in [-0.4, -0.2) is 17.5 Å². The average Bonchev–Trinajstić information content (AvgIpc) is 3.06. The maximum absolute atomic E-state index is 12.5. The van der Waals surface area contributed by atoms with E-state index in [4.69, 9.17) is 4.74 Å². The van der Waals surface area contributed by atoms with Gasteiger partial charge in [-0.2, -0.15) is 0 Å². The van der Waals surface area contributed by atoms with Crippen molar-refractivity contribution in [2.24, 2.45) is 0 Å². The molecule has 0 aromatic heterocycles. The number of carbonyl (C=O) groups is 1. The molecule has 1 heterocycles. The van der Waals surface area contributed by atoms with Gasteiger partial charge in [0.1, 0.15) is 0 Å². The third-order valence-electron chi connectivity index (χ3n) is 5.02. The molecule has 1 aliphatic heterocycles. The maximum atomic E-state index is 12.5. The summed E-state index contributed by atoms with van der Waals surface area (Å²) in [5.74, 6) is 0.191. The highest BCUT2D eigenvalue weighted by Gasteiger charge is 2.50. The van der Waals surface area contributed by atoms with Gasteiger partial charge in [0.15, 0.2) is 5.78 Å². The Labute approximate surface area is 135 Å². The van der Waals surface area contributed by atoms with E-state index >= 15 is 0 Å². The van der Waals surface area contributed by atoms with E-state index in [0.717, 1.165) is 49.7 Å². The van der Waals surface area contributed by atoms with Crippen molar-refractivity contribution in [1.29, 1.82) is 0 Å². The Morgan fingerprint density at radius 3 is 2.59 bits per heavy atom. The summed E-state index contributed by atoms with van der Waals surface area (Å²) in [4.78, 5) is 12.5. The molecule has 2 rings (SSSR count). The van der Waals surface area contributed by atoms with E-state index in [-0.39, 0.29) is 11.4 Å². The molecule has 1 aliphatic carbocycles. The molecule has 1 saturated heterocycles. The minimum atomic E-state index is -0.0237. The van der Waals surface area contributed by atoms with Crippen molar-refractivity contribution >= 4 is 5.78 Å². The molecule has 0 radical (unpaired) electrons. The smallest absolute Gasteiger partial charge is 0.181 e. The molecular weight excluding hydrogens is 272 g/mol. The molecule has 0 amide bonds. The van der Waals surface area contributed by atoms with Gasteiger partial charge in [0.05, 0.1) is 11.7 Å². The van der Waals surface area contributed by atoms with E-state index in [1.54, 1.807) is 0 Å². The van der Waals surface area contributed by atoms with Crippen LogP contribution >= 0.6 is 0 Å². The fourth-order valence-electron chi connectivity index (χ4n) is 3.26. The maximum Gasteiger partial charge on any atom is 0.181 e. The number of ketones is 1. The van der Waals surface area contributed by atoms with Crippen LogP contribution in [0.5, 0.6) is 0 Å². The van der Waals surface area contributed by atoms with E-state index in [1.807, 2.05) is 19.9 Å². The summed E-state index contributed by atoms with van der Waals surface area (Å²) in [6, 6.07) is 0. The zero-order chi connectivity index (χ0) is 16.3. The summed E-state index contributed by atoms with van der Waals surface area (Å²) >= 11 is 0. The van der Waals surface area contributed by atoms with Gasteiger partial charge in [-0.3, -0.25) is 4.79 Å². The van der Waals surface area contributed by atoms with Crippen LogP contribution in [0.15, 0.2) is 34.4 Å². The number of carbonyl (C=O) groups excluding carboxylic acids is 1. The predicted molar refractivity (Wildman–Crippen MR) is 91.9 cm³/mol. The molecule has 0 saturated carbocycles. The van der Waals surface area contributed by atoms with Crippen molar-refractivity contribution in [2.75, 3.05) is 0 Å². The first kappa shape index (κ1) is 17.2. The van der Waals surface area contributed by atoms with Gasteiger partial charge in [-0.05, 0) is 84.8 Å². The van der Waals surface area contributed by atoms with Crippen molar-refractivity contribution < 1.29 is 9.53 Å². The number of epoxide rings is 1. The lowest BCUT2D eigenvalue weighted by atomic mass is 9.91. The molecule has 22 heavy (non-hydrogen) atoms. The zero-order valence-electron chi connectivity index (χ0n) is 14.8. The fourth-order valence-corrected chi connectivity index (χ4v) is 3.26. The zero-order valence-corrected chi connectivity index (χ0v) is 14.8. The van der Waals surface area contributed by atoms with Crippen LogP contribution in [0, 0.1) is 0 Å². The summed E-state index contributed by atoms with van der Waals surface area (Å²) in [6.45, 7) is 10.5. The van der Waals surface area contributed by atoms with Crippen molar-refractivity contribution in [3.63, 3.8) is 0 Å². The molecule has 0 bridgehead atoms. The lowest BCUT2D eigenvalue weighted by Gasteiger charge is -2.11. The van der Waals surface area contributed by atoms with Crippen LogP contribution in [0.1, 0.15) is 73.1 Å². The van der Waals surface area contributed by atoms with E-state index in [1.165, 1.54) is 11.1 Å². The molecule has 1 fully saturated rings. The number of hydrogen-bond donors (Lipinski definition) is 0. The molecule has 2 nitrogen and oxygen atoms in total. The lowest BCUT2D eigenvalue weighted by molar-refractivity contribution is -0.111. The van der Waals surface area contributed by atoms with Crippen molar-refractivity contribution in [3.8, 4) is 0 Å². The number of ether oxygens (including phenoxy) is 1. The van der Waals surface area contributed by atoms with Crippen LogP contribution in [0.3, 0.4) is 0 Å². The highest BCUT2D eigenvalue weighted by Crippen LogP contribution is 2.44. The molecule has 2 heteroatoms. The largest absolute Gasteiger partial charge is 0.366 e. The monoisotopic (exact) mass is 302 g/mol. The third-order valence-corrected chi connectivity index (χ3v) is 5.02. The van der Waals surface area contributed by atoms with Gasteiger partial charge in [0.25, 0.3) is 0 Å². The van der Waals surface area contributed by atoms with E-state index < -0.39 is 0 Å². The SMILES string of the molecule is CC(C)=C1CCC2(C)OC2CC/C(C)=C/CC/C(C)=C\C1=O. The molecule has 2 atom stereocenters. The van der Waals surface area contributed by atoms with Crippen molar-refractivity contribution in [1.82, 2.24) is 0 Å². The van der Waals surface area contributed by atoms with Gasteiger partial charge >= 0.3 is 0 Å². The molecule has 0 N–H and O–H groups in total. The highest BCUT2D eigenvalue weighted by molar-refractivity contribution is 6.04. The van der Waals surface area contributed by atoms with Crippen LogP contribution in [0.25, 0.3) is 0 Å². The second-order valence-electron chi connectivity index (χ2n) is 7.38. The summed E-state index contributed by atoms with van der Waals surface area (Å²) in [5, 5.41) is 0. The van der Waals surface area contributed by atoms with Gasteiger partial charge in [-0.1, -0.05) is 22.8 Å². The first-order chi connectivity index (χ1) is 10.3. The quantitative estimate of drug-likeness (QED) is 0.345. The Balaban J connectivity index is 2.19. The fraction of sp³-hybridized carbons (Fsp3) is 0.650. The Morgan fingerprint density at radius 1 is 1.18 bits per heavy atom. The van der Waals surface area contributed by atoms with Crippen LogP contribution in [0.4, 0.5) is 0 Å². The second kappa shape index (κ2) is 6.95. The van der Waals surface area contributed by atoms with Gasteiger partial charge in [-0.15, -0.1) is 0 Å². The molecule has 122 valence electrons. The van der Waals surface area contributed by atoms with Gasteiger partial charge < -0.3 is 4.74 Å². The molecule has 2 aliphatic rings. The Hall–Kier alpha value is -1.15. The van der Waals surface area contributed by atoms with Crippen molar-refractivity contribution in [2.45, 2.75) is 84.8 Å². The predicted octanol–water partition coefficient (Wildman–Crippen LogP) is 5.30. The van der Waals surface area contributed by atoms with Crippen LogP contribution in [0.2, 0.25) is 0 Å². The Morgan fingerprint density at radius 2 is 1.91 bits per heavy atom. The van der Waals surface area contributed by atoms with Crippen molar-refractivity contribution in [3.05, 3.63) is 34.4 Å². The van der Waals surface area contributed by atoms with Crippen LogP contribution < -0.4 is 0 Å². The third kappa shape index (κ3) is 4.42. The van der Waals surface area contributed by atoms with E-state index in [9.17, 15) is 4.79 Å². The highest BCUT2D eigenvalue weighted by atomic mass is 16.6. The topological polar surface area (TPSA) is 29.6 Å². The number of rotatable bonds is 0. The Bertz CT molecular complexity index is 532. The first-order valence-electron chi connectivity index (χ1n) is 8.53. The molecule has 0 spiro atoms. The van der Waals surface area contributed by atoms with Gasteiger partial charge in [0, 0.05) is 0 Å². The molecule has 0 aromatic rings. The number of allylic oxidation sites excluding steroid dienone is 6. The second-order valence-corrected chi connectivity index (χ2v) is 7.38.